The number of hydrogen-bond acceptors (Lipinski definition) is 4. The third-order valence-electron chi connectivity index (χ3n) is 4.26. The zero-order chi connectivity index (χ0) is 19.8. The molecular formula is C19H14F3N5O. The fourth-order valence-corrected chi connectivity index (χ4v) is 2.99. The zero-order valence-corrected chi connectivity index (χ0v) is 14.6. The lowest BCUT2D eigenvalue weighted by Gasteiger charge is -2.10. The second kappa shape index (κ2) is 6.84. The predicted molar refractivity (Wildman–Crippen MR) is 98.2 cm³/mol. The molecule has 0 spiro atoms. The van der Waals surface area contributed by atoms with Crippen LogP contribution in [0.2, 0.25) is 0 Å². The molecule has 0 bridgehead atoms. The van der Waals surface area contributed by atoms with E-state index >= 15 is 0 Å². The number of carbonyl (C=O) groups is 1. The van der Waals surface area contributed by atoms with Gasteiger partial charge >= 0.3 is 0 Å². The molecule has 3 aromatic rings. The van der Waals surface area contributed by atoms with Crippen molar-refractivity contribution in [3.8, 4) is 11.3 Å². The Labute approximate surface area is 157 Å². The van der Waals surface area contributed by atoms with E-state index in [1.807, 2.05) is 0 Å². The number of amides is 1. The van der Waals surface area contributed by atoms with Crippen LogP contribution in [0.1, 0.15) is 22.8 Å². The lowest BCUT2D eigenvalue weighted by atomic mass is 10.0. The molecule has 0 fully saturated rings. The van der Waals surface area contributed by atoms with Crippen molar-refractivity contribution in [2.75, 3.05) is 11.9 Å². The molecule has 0 atom stereocenters. The molecule has 0 saturated carbocycles. The molecule has 0 radical (unpaired) electrons. The summed E-state index contributed by atoms with van der Waals surface area (Å²) in [7, 11) is 0. The number of fused-ring (bicyclic) bond motifs is 3. The molecule has 142 valence electrons. The van der Waals surface area contributed by atoms with Crippen LogP contribution in [0.15, 0.2) is 41.5 Å². The highest BCUT2D eigenvalue weighted by Crippen LogP contribution is 2.38. The Morgan fingerprint density at radius 3 is 2.61 bits per heavy atom. The zero-order valence-electron chi connectivity index (χ0n) is 14.6. The van der Waals surface area contributed by atoms with Crippen LogP contribution >= 0.6 is 0 Å². The molecule has 4 rings (SSSR count). The summed E-state index contributed by atoms with van der Waals surface area (Å²) >= 11 is 0. The largest absolute Gasteiger partial charge is 0.352 e. The summed E-state index contributed by atoms with van der Waals surface area (Å²) in [6, 6.07) is 5.84. The number of rotatable bonds is 3. The topological polar surface area (TPSA) is 82.2 Å². The van der Waals surface area contributed by atoms with Gasteiger partial charge in [0.15, 0.2) is 0 Å². The van der Waals surface area contributed by atoms with E-state index in [9.17, 15) is 18.0 Å². The maximum Gasteiger partial charge on any atom is 0.254 e. The summed E-state index contributed by atoms with van der Waals surface area (Å²) in [6.45, 7) is 2.02. The lowest BCUT2D eigenvalue weighted by molar-refractivity contribution is 0.0952. The van der Waals surface area contributed by atoms with Crippen LogP contribution in [0, 0.1) is 17.5 Å². The standard InChI is InChI=1S/C19H14F3N5O/c1-2-23-19(28)9-7-14-10(6-13(9)22)17-15(8-24-27-17)26-18(25-14)16-11(20)4-3-5-12(16)21/h3-8H,2H2,1H3,(H,23,28)(H,24,27)(H,25,26). The average molecular weight is 385 g/mol. The number of anilines is 1. The van der Waals surface area contributed by atoms with Gasteiger partial charge in [0.25, 0.3) is 5.91 Å². The van der Waals surface area contributed by atoms with Crippen molar-refractivity contribution in [1.29, 1.82) is 0 Å². The minimum atomic E-state index is -0.814. The molecule has 28 heavy (non-hydrogen) atoms. The van der Waals surface area contributed by atoms with Crippen molar-refractivity contribution in [3.63, 3.8) is 0 Å². The molecule has 1 aromatic heterocycles. The Morgan fingerprint density at radius 1 is 1.14 bits per heavy atom. The van der Waals surface area contributed by atoms with Gasteiger partial charge in [0.2, 0.25) is 0 Å². The average Bonchev–Trinajstić information content (AvgIpc) is 3.05. The second-order valence-corrected chi connectivity index (χ2v) is 6.05. The number of benzene rings is 2. The maximum absolute atomic E-state index is 14.5. The number of nitrogens with zero attached hydrogens (tertiary/aromatic N) is 2. The first-order valence-corrected chi connectivity index (χ1v) is 8.45. The molecule has 0 saturated heterocycles. The summed E-state index contributed by atoms with van der Waals surface area (Å²) < 4.78 is 43.2. The van der Waals surface area contributed by atoms with Gasteiger partial charge < -0.3 is 10.6 Å². The summed E-state index contributed by atoms with van der Waals surface area (Å²) in [6.07, 6.45) is 1.40. The molecule has 9 heteroatoms. The van der Waals surface area contributed by atoms with Crippen molar-refractivity contribution >= 4 is 23.1 Å². The highest BCUT2D eigenvalue weighted by molar-refractivity contribution is 6.13. The quantitative estimate of drug-likeness (QED) is 0.642. The van der Waals surface area contributed by atoms with E-state index in [1.54, 1.807) is 6.92 Å². The fraction of sp³-hybridized carbons (Fsp3) is 0.105. The van der Waals surface area contributed by atoms with Gasteiger partial charge in [0, 0.05) is 12.1 Å². The first kappa shape index (κ1) is 17.8. The number of aromatic nitrogens is 2. The molecule has 1 aliphatic rings. The normalized spacial score (nSPS) is 12.4. The van der Waals surface area contributed by atoms with Crippen molar-refractivity contribution in [3.05, 3.63) is 65.1 Å². The minimum absolute atomic E-state index is 0.120. The highest BCUT2D eigenvalue weighted by Gasteiger charge is 2.25. The Bertz CT molecular complexity index is 1100. The minimum Gasteiger partial charge on any atom is -0.352 e. The molecule has 0 unspecified atom stereocenters. The summed E-state index contributed by atoms with van der Waals surface area (Å²) in [5, 5.41) is 12.0. The first-order chi connectivity index (χ1) is 13.5. The van der Waals surface area contributed by atoms with Crippen LogP contribution in [0.25, 0.3) is 11.3 Å². The van der Waals surface area contributed by atoms with E-state index in [2.05, 4.69) is 25.8 Å². The van der Waals surface area contributed by atoms with Gasteiger partial charge in [0.1, 0.15) is 23.3 Å². The SMILES string of the molecule is CCNC(=O)c1cc2c(cc1F)-c1[nH]ncc1NC(c1c(F)cccc1F)=N2. The van der Waals surface area contributed by atoms with Crippen molar-refractivity contribution < 1.29 is 18.0 Å². The number of carbonyl (C=O) groups excluding carboxylic acids is 1. The Kier molecular flexibility index (Phi) is 4.34. The third-order valence-corrected chi connectivity index (χ3v) is 4.26. The summed E-state index contributed by atoms with van der Waals surface area (Å²) in [5.74, 6) is -3.11. The van der Waals surface area contributed by atoms with Crippen molar-refractivity contribution in [2.45, 2.75) is 6.92 Å². The number of aliphatic imine (C=N–C) groups is 1. The number of halogens is 3. The highest BCUT2D eigenvalue weighted by atomic mass is 19.1. The van der Waals surface area contributed by atoms with Crippen molar-refractivity contribution in [1.82, 2.24) is 15.5 Å². The van der Waals surface area contributed by atoms with E-state index < -0.39 is 23.4 Å². The molecule has 2 heterocycles. The van der Waals surface area contributed by atoms with Gasteiger partial charge in [-0.3, -0.25) is 9.89 Å². The number of nitrogens with one attached hydrogen (secondary N) is 3. The molecule has 6 nitrogen and oxygen atoms in total. The molecule has 1 amide bonds. The Morgan fingerprint density at radius 2 is 1.89 bits per heavy atom. The van der Waals surface area contributed by atoms with Crippen molar-refractivity contribution in [2.24, 2.45) is 4.99 Å². The van der Waals surface area contributed by atoms with E-state index in [1.165, 1.54) is 18.3 Å². The van der Waals surface area contributed by atoms with Gasteiger partial charge in [-0.15, -0.1) is 0 Å². The van der Waals surface area contributed by atoms with E-state index in [4.69, 9.17) is 0 Å². The van der Waals surface area contributed by atoms with Crippen LogP contribution in [0.3, 0.4) is 0 Å². The molecule has 0 aliphatic carbocycles. The van der Waals surface area contributed by atoms with E-state index in [0.29, 0.717) is 23.5 Å². The fourth-order valence-electron chi connectivity index (χ4n) is 2.99. The van der Waals surface area contributed by atoms with Gasteiger partial charge in [-0.2, -0.15) is 5.10 Å². The van der Waals surface area contributed by atoms with Gasteiger partial charge in [-0.25, -0.2) is 18.2 Å². The molecule has 1 aliphatic heterocycles. The summed E-state index contributed by atoms with van der Waals surface area (Å²) in [4.78, 5) is 16.4. The Balaban J connectivity index is 1.96. The molecular weight excluding hydrogens is 371 g/mol. The lowest BCUT2D eigenvalue weighted by Crippen LogP contribution is -2.23. The van der Waals surface area contributed by atoms with Gasteiger partial charge in [-0.1, -0.05) is 6.07 Å². The summed E-state index contributed by atoms with van der Waals surface area (Å²) in [5.41, 5.74) is 0.623. The monoisotopic (exact) mass is 385 g/mol. The number of H-pyrrole nitrogens is 1. The molecule has 2 aromatic carbocycles. The second-order valence-electron chi connectivity index (χ2n) is 6.05. The Hall–Kier alpha value is -3.62. The van der Waals surface area contributed by atoms with Crippen LogP contribution in [-0.2, 0) is 0 Å². The van der Waals surface area contributed by atoms with Gasteiger partial charge in [0.05, 0.1) is 34.4 Å². The smallest absolute Gasteiger partial charge is 0.254 e. The number of amidine groups is 1. The maximum atomic E-state index is 14.5. The number of aromatic amines is 1. The van der Waals surface area contributed by atoms with E-state index in [0.717, 1.165) is 18.2 Å². The van der Waals surface area contributed by atoms with Crippen LogP contribution < -0.4 is 10.6 Å². The van der Waals surface area contributed by atoms with Gasteiger partial charge in [-0.05, 0) is 31.2 Å². The molecule has 3 N–H and O–H groups in total. The predicted octanol–water partition coefficient (Wildman–Crippen LogP) is 3.75. The first-order valence-electron chi connectivity index (χ1n) is 8.45. The van der Waals surface area contributed by atoms with Crippen LogP contribution in [-0.4, -0.2) is 28.5 Å². The third kappa shape index (κ3) is 2.90. The van der Waals surface area contributed by atoms with Crippen LogP contribution in [0.4, 0.5) is 24.5 Å². The van der Waals surface area contributed by atoms with Crippen LogP contribution in [0.5, 0.6) is 0 Å². The van der Waals surface area contributed by atoms with E-state index in [-0.39, 0.29) is 22.6 Å². The number of hydrogen-bond donors (Lipinski definition) is 3.